The second kappa shape index (κ2) is 6.51. The Balaban J connectivity index is 1.98. The van der Waals surface area contributed by atoms with Gasteiger partial charge in [-0.3, -0.25) is 5.43 Å². The van der Waals surface area contributed by atoms with Crippen molar-refractivity contribution in [1.29, 1.82) is 0 Å². The van der Waals surface area contributed by atoms with Crippen molar-refractivity contribution in [2.24, 2.45) is 5.10 Å². The van der Waals surface area contributed by atoms with Crippen molar-refractivity contribution in [3.05, 3.63) is 42.2 Å². The number of hydrogen-bond donors (Lipinski definition) is 1. The maximum Gasteiger partial charge on any atom is 0.218 e. The molecule has 0 aliphatic heterocycles. The van der Waals surface area contributed by atoms with Gasteiger partial charge in [0.1, 0.15) is 6.33 Å². The fourth-order valence-electron chi connectivity index (χ4n) is 1.54. The Morgan fingerprint density at radius 3 is 2.60 bits per heavy atom. The lowest BCUT2D eigenvalue weighted by Gasteiger charge is -2.11. The summed E-state index contributed by atoms with van der Waals surface area (Å²) in [6, 6.07) is 9.75. The highest BCUT2D eigenvalue weighted by atomic mass is 16.5. The van der Waals surface area contributed by atoms with Crippen LogP contribution in [-0.2, 0) is 0 Å². The molecule has 0 fully saturated rings. The van der Waals surface area contributed by atoms with Crippen LogP contribution in [-0.4, -0.2) is 37.4 Å². The number of methoxy groups -OCH3 is 1. The number of anilines is 2. The van der Waals surface area contributed by atoms with Gasteiger partial charge in [-0.25, -0.2) is 9.97 Å². The molecule has 0 bridgehead atoms. The highest BCUT2D eigenvalue weighted by molar-refractivity contribution is 5.80. The number of benzene rings is 1. The number of aromatic nitrogens is 2. The maximum absolute atomic E-state index is 5.01. The molecule has 1 aromatic heterocycles. The van der Waals surface area contributed by atoms with E-state index in [1.807, 2.05) is 43.3 Å². The average molecular weight is 271 g/mol. The van der Waals surface area contributed by atoms with Crippen molar-refractivity contribution in [2.45, 2.75) is 0 Å². The van der Waals surface area contributed by atoms with Gasteiger partial charge in [-0.1, -0.05) is 12.1 Å². The number of hydrogen-bond acceptors (Lipinski definition) is 6. The van der Waals surface area contributed by atoms with E-state index in [1.54, 1.807) is 19.4 Å². The zero-order valence-corrected chi connectivity index (χ0v) is 11.7. The molecule has 0 saturated heterocycles. The molecule has 0 unspecified atom stereocenters. The van der Waals surface area contributed by atoms with Crippen molar-refractivity contribution in [2.75, 3.05) is 31.5 Å². The lowest BCUT2D eigenvalue weighted by Crippen LogP contribution is -2.08. The summed E-state index contributed by atoms with van der Waals surface area (Å²) >= 11 is 0. The van der Waals surface area contributed by atoms with Crippen LogP contribution in [0, 0.1) is 0 Å². The molecule has 0 aliphatic carbocycles. The Kier molecular flexibility index (Phi) is 4.49. The van der Waals surface area contributed by atoms with Gasteiger partial charge in [0.05, 0.1) is 13.3 Å². The van der Waals surface area contributed by atoms with Crippen LogP contribution in [0.25, 0.3) is 0 Å². The average Bonchev–Trinajstić information content (AvgIpc) is 2.48. The van der Waals surface area contributed by atoms with Crippen LogP contribution in [0.3, 0.4) is 0 Å². The molecule has 0 spiro atoms. The summed E-state index contributed by atoms with van der Waals surface area (Å²) in [6.45, 7) is 0. The first-order chi connectivity index (χ1) is 9.69. The van der Waals surface area contributed by atoms with E-state index in [0.29, 0.717) is 11.7 Å². The first kappa shape index (κ1) is 13.8. The summed E-state index contributed by atoms with van der Waals surface area (Å²) in [5.74, 6) is 1.08. The van der Waals surface area contributed by atoms with E-state index >= 15 is 0 Å². The Morgan fingerprint density at radius 2 is 1.95 bits per heavy atom. The summed E-state index contributed by atoms with van der Waals surface area (Å²) in [4.78, 5) is 10.0. The van der Waals surface area contributed by atoms with Crippen LogP contribution in [0.1, 0.15) is 5.56 Å². The predicted octanol–water partition coefficient (Wildman–Crippen LogP) is 2.00. The molecule has 6 heteroatoms. The molecular weight excluding hydrogens is 254 g/mol. The number of rotatable bonds is 5. The Bertz CT molecular complexity index is 580. The maximum atomic E-state index is 5.01. The third-order valence-electron chi connectivity index (χ3n) is 2.65. The third-order valence-corrected chi connectivity index (χ3v) is 2.65. The number of ether oxygens (including phenoxy) is 1. The van der Waals surface area contributed by atoms with Crippen molar-refractivity contribution in [1.82, 2.24) is 9.97 Å². The smallest absolute Gasteiger partial charge is 0.218 e. The van der Waals surface area contributed by atoms with Gasteiger partial charge >= 0.3 is 0 Å². The summed E-state index contributed by atoms with van der Waals surface area (Å²) in [6.07, 6.45) is 3.15. The predicted molar refractivity (Wildman–Crippen MR) is 80.6 cm³/mol. The van der Waals surface area contributed by atoms with Gasteiger partial charge in [0, 0.05) is 25.8 Å². The van der Waals surface area contributed by atoms with Gasteiger partial charge in [-0.05, 0) is 17.7 Å². The SMILES string of the molecule is COc1cc(N/N=C\c2ccc(N(C)C)cc2)ncn1. The normalized spacial score (nSPS) is 10.6. The second-order valence-electron chi connectivity index (χ2n) is 4.30. The fraction of sp³-hybridized carbons (Fsp3) is 0.214. The minimum Gasteiger partial charge on any atom is -0.481 e. The Morgan fingerprint density at radius 1 is 1.20 bits per heavy atom. The van der Waals surface area contributed by atoms with E-state index in [-0.39, 0.29) is 0 Å². The zero-order chi connectivity index (χ0) is 14.4. The molecule has 0 saturated carbocycles. The van der Waals surface area contributed by atoms with Gasteiger partial charge in [0.25, 0.3) is 0 Å². The van der Waals surface area contributed by atoms with E-state index < -0.39 is 0 Å². The number of nitrogens with one attached hydrogen (secondary N) is 1. The van der Waals surface area contributed by atoms with E-state index in [9.17, 15) is 0 Å². The lowest BCUT2D eigenvalue weighted by atomic mass is 10.2. The molecule has 6 nitrogen and oxygen atoms in total. The quantitative estimate of drug-likeness (QED) is 0.665. The van der Waals surface area contributed by atoms with E-state index in [4.69, 9.17) is 4.74 Å². The van der Waals surface area contributed by atoms with Crippen molar-refractivity contribution in [3.8, 4) is 5.88 Å². The van der Waals surface area contributed by atoms with Gasteiger partial charge in [0.2, 0.25) is 5.88 Å². The minimum atomic E-state index is 0.494. The molecule has 0 radical (unpaired) electrons. The largest absolute Gasteiger partial charge is 0.481 e. The number of nitrogens with zero attached hydrogens (tertiary/aromatic N) is 4. The molecule has 1 aromatic carbocycles. The molecule has 0 atom stereocenters. The van der Waals surface area contributed by atoms with E-state index in [2.05, 4.69) is 20.5 Å². The second-order valence-corrected chi connectivity index (χ2v) is 4.30. The zero-order valence-electron chi connectivity index (χ0n) is 11.7. The standard InChI is InChI=1S/C14H17N5O/c1-19(2)12-6-4-11(5-7-12)9-17-18-13-8-14(20-3)16-10-15-13/h4-10H,1-3H3,(H,15,16,18)/b17-9-. The molecule has 0 amide bonds. The van der Waals surface area contributed by atoms with Crippen molar-refractivity contribution >= 4 is 17.7 Å². The fourth-order valence-corrected chi connectivity index (χ4v) is 1.54. The van der Waals surface area contributed by atoms with Crippen LogP contribution in [0.4, 0.5) is 11.5 Å². The van der Waals surface area contributed by atoms with Crippen LogP contribution in [0.5, 0.6) is 5.88 Å². The van der Waals surface area contributed by atoms with Crippen molar-refractivity contribution < 1.29 is 4.74 Å². The molecule has 0 aliphatic rings. The van der Waals surface area contributed by atoms with Crippen LogP contribution in [0.2, 0.25) is 0 Å². The van der Waals surface area contributed by atoms with Crippen LogP contribution < -0.4 is 15.1 Å². The molecular formula is C14H17N5O. The molecule has 1 N–H and O–H groups in total. The summed E-state index contributed by atoms with van der Waals surface area (Å²) in [5.41, 5.74) is 4.99. The summed E-state index contributed by atoms with van der Waals surface area (Å²) in [7, 11) is 5.57. The lowest BCUT2D eigenvalue weighted by molar-refractivity contribution is 0.397. The number of hydrazone groups is 1. The molecule has 1 heterocycles. The van der Waals surface area contributed by atoms with E-state index in [0.717, 1.165) is 11.3 Å². The summed E-state index contributed by atoms with van der Waals surface area (Å²) < 4.78 is 5.01. The van der Waals surface area contributed by atoms with Crippen LogP contribution in [0.15, 0.2) is 41.8 Å². The molecule has 2 aromatic rings. The van der Waals surface area contributed by atoms with Gasteiger partial charge < -0.3 is 9.64 Å². The molecule has 104 valence electrons. The van der Waals surface area contributed by atoms with Crippen LogP contribution >= 0.6 is 0 Å². The molecule has 2 rings (SSSR count). The third kappa shape index (κ3) is 3.68. The highest BCUT2D eigenvalue weighted by Crippen LogP contribution is 2.12. The van der Waals surface area contributed by atoms with Gasteiger partial charge in [0.15, 0.2) is 5.82 Å². The first-order valence-corrected chi connectivity index (χ1v) is 6.11. The topological polar surface area (TPSA) is 62.6 Å². The Labute approximate surface area is 118 Å². The van der Waals surface area contributed by atoms with E-state index in [1.165, 1.54) is 6.33 Å². The molecule has 20 heavy (non-hydrogen) atoms. The van der Waals surface area contributed by atoms with Crippen molar-refractivity contribution in [3.63, 3.8) is 0 Å². The minimum absolute atomic E-state index is 0.494. The Hall–Kier alpha value is -2.63. The summed E-state index contributed by atoms with van der Waals surface area (Å²) in [5, 5.41) is 4.13. The monoisotopic (exact) mass is 271 g/mol. The van der Waals surface area contributed by atoms with Gasteiger partial charge in [-0.15, -0.1) is 0 Å². The first-order valence-electron chi connectivity index (χ1n) is 6.11. The van der Waals surface area contributed by atoms with Gasteiger partial charge in [-0.2, -0.15) is 5.10 Å². The highest BCUT2D eigenvalue weighted by Gasteiger charge is 1.96.